The molecule has 2 heterocycles. The van der Waals surface area contributed by atoms with Crippen molar-refractivity contribution in [3.63, 3.8) is 0 Å². The Morgan fingerprint density at radius 3 is 2.76 bits per heavy atom. The number of carbonyl (C=O) groups is 1. The summed E-state index contributed by atoms with van der Waals surface area (Å²) in [6.07, 6.45) is 4.63. The fourth-order valence-corrected chi connectivity index (χ4v) is 2.57. The van der Waals surface area contributed by atoms with E-state index in [0.717, 1.165) is 19.5 Å². The number of carbonyl (C=O) groups excluding carboxylic acids is 1. The molecule has 1 amide bonds. The minimum absolute atomic E-state index is 0. The first kappa shape index (κ1) is 20.2. The third-order valence-electron chi connectivity index (χ3n) is 3.84. The van der Waals surface area contributed by atoms with E-state index in [1.165, 1.54) is 5.56 Å². The SMILES string of the molecule is CC(C)C(CNC(=O)C1CCNC1)c1cccnc1.Cl.Cl. The van der Waals surface area contributed by atoms with Gasteiger partial charge in [-0.1, -0.05) is 19.9 Å². The molecule has 1 aliphatic rings. The molecular formula is C15H25Cl2N3O. The summed E-state index contributed by atoms with van der Waals surface area (Å²) in [5.74, 6) is 1.12. The van der Waals surface area contributed by atoms with E-state index in [0.29, 0.717) is 18.4 Å². The Balaban J connectivity index is 0.00000200. The third kappa shape index (κ3) is 5.81. The molecule has 1 saturated heterocycles. The van der Waals surface area contributed by atoms with Crippen molar-refractivity contribution >= 4 is 30.7 Å². The van der Waals surface area contributed by atoms with Crippen molar-refractivity contribution in [1.82, 2.24) is 15.6 Å². The maximum absolute atomic E-state index is 12.0. The van der Waals surface area contributed by atoms with Gasteiger partial charge in [0.05, 0.1) is 5.92 Å². The van der Waals surface area contributed by atoms with E-state index in [-0.39, 0.29) is 36.6 Å². The molecule has 120 valence electrons. The van der Waals surface area contributed by atoms with E-state index in [4.69, 9.17) is 0 Å². The summed E-state index contributed by atoms with van der Waals surface area (Å²) in [4.78, 5) is 16.2. The van der Waals surface area contributed by atoms with Gasteiger partial charge in [-0.2, -0.15) is 0 Å². The summed E-state index contributed by atoms with van der Waals surface area (Å²) in [6.45, 7) is 6.82. The van der Waals surface area contributed by atoms with Gasteiger partial charge in [0.25, 0.3) is 0 Å². The Labute approximate surface area is 139 Å². The molecule has 0 radical (unpaired) electrons. The first-order valence-electron chi connectivity index (χ1n) is 7.07. The van der Waals surface area contributed by atoms with Crippen molar-refractivity contribution < 1.29 is 4.79 Å². The highest BCUT2D eigenvalue weighted by molar-refractivity contribution is 5.85. The highest BCUT2D eigenvalue weighted by atomic mass is 35.5. The first-order chi connectivity index (χ1) is 9.18. The van der Waals surface area contributed by atoms with Gasteiger partial charge in [0.1, 0.15) is 0 Å². The predicted octanol–water partition coefficient (Wildman–Crippen LogP) is 2.39. The van der Waals surface area contributed by atoms with E-state index < -0.39 is 0 Å². The monoisotopic (exact) mass is 333 g/mol. The van der Waals surface area contributed by atoms with Crippen molar-refractivity contribution in [3.8, 4) is 0 Å². The smallest absolute Gasteiger partial charge is 0.224 e. The van der Waals surface area contributed by atoms with Gasteiger partial charge in [-0.15, -0.1) is 24.8 Å². The molecule has 1 fully saturated rings. The maximum Gasteiger partial charge on any atom is 0.224 e. The van der Waals surface area contributed by atoms with Crippen LogP contribution in [-0.2, 0) is 4.79 Å². The summed E-state index contributed by atoms with van der Waals surface area (Å²) in [7, 11) is 0. The minimum atomic E-state index is 0. The van der Waals surface area contributed by atoms with E-state index in [9.17, 15) is 4.79 Å². The van der Waals surface area contributed by atoms with Gasteiger partial charge in [-0.05, 0) is 30.5 Å². The number of aromatic nitrogens is 1. The minimum Gasteiger partial charge on any atom is -0.355 e. The number of rotatable bonds is 5. The molecule has 2 rings (SSSR count). The summed E-state index contributed by atoms with van der Waals surface area (Å²) in [6, 6.07) is 4.04. The molecular weight excluding hydrogens is 309 g/mol. The van der Waals surface area contributed by atoms with Crippen LogP contribution in [0.25, 0.3) is 0 Å². The highest BCUT2D eigenvalue weighted by Gasteiger charge is 2.24. The molecule has 6 heteroatoms. The van der Waals surface area contributed by atoms with E-state index in [1.807, 2.05) is 12.3 Å². The Morgan fingerprint density at radius 1 is 1.48 bits per heavy atom. The average Bonchev–Trinajstić information content (AvgIpc) is 2.93. The highest BCUT2D eigenvalue weighted by Crippen LogP contribution is 2.23. The van der Waals surface area contributed by atoms with Crippen molar-refractivity contribution in [2.24, 2.45) is 11.8 Å². The Morgan fingerprint density at radius 2 is 2.24 bits per heavy atom. The van der Waals surface area contributed by atoms with Crippen molar-refractivity contribution in [1.29, 1.82) is 0 Å². The lowest BCUT2D eigenvalue weighted by molar-refractivity contribution is -0.124. The van der Waals surface area contributed by atoms with Gasteiger partial charge in [-0.3, -0.25) is 9.78 Å². The van der Waals surface area contributed by atoms with Crippen LogP contribution in [0.15, 0.2) is 24.5 Å². The van der Waals surface area contributed by atoms with E-state index in [2.05, 4.69) is 35.5 Å². The summed E-state index contributed by atoms with van der Waals surface area (Å²) in [5, 5.41) is 6.32. The van der Waals surface area contributed by atoms with Crippen LogP contribution in [0.1, 0.15) is 31.7 Å². The average molecular weight is 334 g/mol. The first-order valence-corrected chi connectivity index (χ1v) is 7.07. The molecule has 0 spiro atoms. The predicted molar refractivity (Wildman–Crippen MR) is 90.3 cm³/mol. The van der Waals surface area contributed by atoms with Crippen molar-refractivity contribution in [2.45, 2.75) is 26.2 Å². The lowest BCUT2D eigenvalue weighted by Crippen LogP contribution is -2.35. The van der Waals surface area contributed by atoms with Crippen molar-refractivity contribution in [2.75, 3.05) is 19.6 Å². The number of pyridine rings is 1. The zero-order chi connectivity index (χ0) is 13.7. The maximum atomic E-state index is 12.0. The number of hydrogen-bond acceptors (Lipinski definition) is 3. The van der Waals surface area contributed by atoms with Crippen LogP contribution in [0.5, 0.6) is 0 Å². The second-order valence-corrected chi connectivity index (χ2v) is 5.57. The normalized spacial score (nSPS) is 18.5. The molecule has 4 nitrogen and oxygen atoms in total. The molecule has 1 aromatic heterocycles. The lowest BCUT2D eigenvalue weighted by Gasteiger charge is -2.22. The Kier molecular flexibility index (Phi) is 9.58. The molecule has 2 atom stereocenters. The topological polar surface area (TPSA) is 54.0 Å². The number of halogens is 2. The number of nitrogens with zero attached hydrogens (tertiary/aromatic N) is 1. The quantitative estimate of drug-likeness (QED) is 0.869. The largest absolute Gasteiger partial charge is 0.355 e. The zero-order valence-corrected chi connectivity index (χ0v) is 14.2. The molecule has 1 aliphatic heterocycles. The van der Waals surface area contributed by atoms with Gasteiger partial charge in [0.15, 0.2) is 0 Å². The van der Waals surface area contributed by atoms with Gasteiger partial charge in [-0.25, -0.2) is 0 Å². The fraction of sp³-hybridized carbons (Fsp3) is 0.600. The molecule has 0 aliphatic carbocycles. The third-order valence-corrected chi connectivity index (χ3v) is 3.84. The van der Waals surface area contributed by atoms with Crippen LogP contribution in [0.4, 0.5) is 0 Å². The van der Waals surface area contributed by atoms with Gasteiger partial charge < -0.3 is 10.6 Å². The van der Waals surface area contributed by atoms with Crippen LogP contribution in [0.2, 0.25) is 0 Å². The molecule has 0 bridgehead atoms. The number of hydrogen-bond donors (Lipinski definition) is 2. The summed E-state index contributed by atoms with van der Waals surface area (Å²) >= 11 is 0. The second kappa shape index (κ2) is 9.98. The van der Waals surface area contributed by atoms with Gasteiger partial charge >= 0.3 is 0 Å². The fourth-order valence-electron chi connectivity index (χ4n) is 2.57. The molecule has 2 N–H and O–H groups in total. The van der Waals surface area contributed by atoms with Crippen LogP contribution >= 0.6 is 24.8 Å². The number of nitrogens with one attached hydrogen (secondary N) is 2. The lowest BCUT2D eigenvalue weighted by atomic mass is 9.89. The van der Waals surface area contributed by atoms with Crippen LogP contribution in [-0.4, -0.2) is 30.5 Å². The summed E-state index contributed by atoms with van der Waals surface area (Å²) in [5.41, 5.74) is 1.20. The molecule has 21 heavy (non-hydrogen) atoms. The van der Waals surface area contributed by atoms with E-state index in [1.54, 1.807) is 6.20 Å². The standard InChI is InChI=1S/C15H23N3O.2ClH/c1-11(2)14(12-4-3-6-16-8-12)10-18-15(19)13-5-7-17-9-13;;/h3-4,6,8,11,13-14,17H,5,7,9-10H2,1-2H3,(H,18,19);2*1H. The molecule has 2 unspecified atom stereocenters. The van der Waals surface area contributed by atoms with Crippen LogP contribution in [0.3, 0.4) is 0 Å². The van der Waals surface area contributed by atoms with Gasteiger partial charge in [0.2, 0.25) is 5.91 Å². The van der Waals surface area contributed by atoms with Crippen LogP contribution < -0.4 is 10.6 Å². The summed E-state index contributed by atoms with van der Waals surface area (Å²) < 4.78 is 0. The zero-order valence-electron chi connectivity index (χ0n) is 12.5. The van der Waals surface area contributed by atoms with E-state index >= 15 is 0 Å². The Hall–Kier alpha value is -0.840. The van der Waals surface area contributed by atoms with Crippen molar-refractivity contribution in [3.05, 3.63) is 30.1 Å². The Bertz CT molecular complexity index is 409. The molecule has 1 aromatic rings. The second-order valence-electron chi connectivity index (χ2n) is 5.57. The van der Waals surface area contributed by atoms with Crippen LogP contribution in [0, 0.1) is 11.8 Å². The molecule has 0 aromatic carbocycles. The number of amides is 1. The van der Waals surface area contributed by atoms with Gasteiger partial charge in [0, 0.05) is 31.4 Å². The molecule has 0 saturated carbocycles.